The average molecular weight is 374 g/mol. The lowest BCUT2D eigenvalue weighted by Crippen LogP contribution is -1.93. The molecule has 2 aliphatic carbocycles. The number of hydrogen-bond acceptors (Lipinski definition) is 0. The van der Waals surface area contributed by atoms with Gasteiger partial charge in [-0.3, -0.25) is 0 Å². The zero-order chi connectivity index (χ0) is 18.9. The molecule has 0 saturated heterocycles. The van der Waals surface area contributed by atoms with Crippen LogP contribution in [-0.4, -0.2) is 0 Å². The van der Waals surface area contributed by atoms with Crippen molar-refractivity contribution in [3.05, 3.63) is 82.9 Å². The molecule has 8 aromatic rings. The van der Waals surface area contributed by atoms with Gasteiger partial charge in [0.05, 0.1) is 0 Å². The summed E-state index contributed by atoms with van der Waals surface area (Å²) in [5.41, 5.74) is 6.05. The first-order valence-electron chi connectivity index (χ1n) is 11.0. The van der Waals surface area contributed by atoms with Crippen LogP contribution in [0.1, 0.15) is 22.3 Å². The maximum Gasteiger partial charge on any atom is -0.000117 e. The second kappa shape index (κ2) is 3.87. The standard InChI is InChI=1S/C30H14/c1-5-17-11-18-7-3-15-10-16-4-8-20-12-19-6-2-14-9-13(1)21-22(14)26(19)30-28(20)24(16)23(15)27(18)29(30)25(17)21/h1-8,11-12H,9-10H2. The van der Waals surface area contributed by atoms with Gasteiger partial charge in [-0.2, -0.15) is 0 Å². The summed E-state index contributed by atoms with van der Waals surface area (Å²) in [6.45, 7) is 0. The highest BCUT2D eigenvalue weighted by Gasteiger charge is 2.30. The maximum atomic E-state index is 2.45. The summed E-state index contributed by atoms with van der Waals surface area (Å²) in [4.78, 5) is 0. The first kappa shape index (κ1) is 13.6. The highest BCUT2D eigenvalue weighted by atomic mass is 14.3. The Morgan fingerprint density at radius 1 is 0.300 bits per heavy atom. The molecule has 0 aromatic heterocycles. The second-order valence-corrected chi connectivity index (χ2v) is 9.65. The topological polar surface area (TPSA) is 0 Å². The first-order valence-corrected chi connectivity index (χ1v) is 11.0. The molecule has 0 amide bonds. The lowest BCUT2D eigenvalue weighted by Gasteiger charge is -2.22. The van der Waals surface area contributed by atoms with E-state index in [1.54, 1.807) is 0 Å². The molecule has 0 atom stereocenters. The molecule has 0 spiro atoms. The fourth-order valence-corrected chi connectivity index (χ4v) is 7.43. The Balaban J connectivity index is 1.81. The van der Waals surface area contributed by atoms with Crippen molar-refractivity contribution in [1.29, 1.82) is 0 Å². The zero-order valence-electron chi connectivity index (χ0n) is 16.2. The quantitative estimate of drug-likeness (QED) is 0.187. The van der Waals surface area contributed by atoms with Crippen LogP contribution in [0.2, 0.25) is 0 Å². The summed E-state index contributed by atoms with van der Waals surface area (Å²) >= 11 is 0. The summed E-state index contributed by atoms with van der Waals surface area (Å²) in [5.74, 6) is 0. The van der Waals surface area contributed by atoms with Gasteiger partial charge >= 0.3 is 0 Å². The zero-order valence-corrected chi connectivity index (χ0v) is 16.2. The molecule has 0 heterocycles. The van der Waals surface area contributed by atoms with E-state index in [1.807, 2.05) is 0 Å². The predicted molar refractivity (Wildman–Crippen MR) is 128 cm³/mol. The molecule has 0 heteroatoms. The van der Waals surface area contributed by atoms with E-state index in [4.69, 9.17) is 0 Å². The van der Waals surface area contributed by atoms with Gasteiger partial charge in [-0.15, -0.1) is 0 Å². The Hall–Kier alpha value is -3.64. The highest BCUT2D eigenvalue weighted by molar-refractivity contribution is 6.50. The molecule has 0 nitrogen and oxygen atoms in total. The van der Waals surface area contributed by atoms with Crippen molar-refractivity contribution in [2.24, 2.45) is 0 Å². The second-order valence-electron chi connectivity index (χ2n) is 9.65. The van der Waals surface area contributed by atoms with Gasteiger partial charge in [0, 0.05) is 0 Å². The van der Waals surface area contributed by atoms with Crippen molar-refractivity contribution >= 4 is 75.4 Å². The van der Waals surface area contributed by atoms with Gasteiger partial charge in [0.1, 0.15) is 0 Å². The van der Waals surface area contributed by atoms with Crippen molar-refractivity contribution in [3.8, 4) is 0 Å². The summed E-state index contributed by atoms with van der Waals surface area (Å²) in [6.07, 6.45) is 2.15. The molecule has 8 aromatic carbocycles. The van der Waals surface area contributed by atoms with Crippen LogP contribution in [0.3, 0.4) is 0 Å². The van der Waals surface area contributed by atoms with E-state index in [9.17, 15) is 0 Å². The van der Waals surface area contributed by atoms with Crippen LogP contribution in [0.25, 0.3) is 75.4 Å². The van der Waals surface area contributed by atoms with Gasteiger partial charge in [0.15, 0.2) is 0 Å². The van der Waals surface area contributed by atoms with Crippen LogP contribution < -0.4 is 0 Å². The van der Waals surface area contributed by atoms with Gasteiger partial charge in [-0.1, -0.05) is 48.5 Å². The van der Waals surface area contributed by atoms with Crippen molar-refractivity contribution in [2.45, 2.75) is 12.8 Å². The molecule has 0 N–H and O–H groups in total. The van der Waals surface area contributed by atoms with Crippen LogP contribution >= 0.6 is 0 Å². The monoisotopic (exact) mass is 374 g/mol. The molecular weight excluding hydrogens is 360 g/mol. The van der Waals surface area contributed by atoms with Crippen molar-refractivity contribution in [3.63, 3.8) is 0 Å². The van der Waals surface area contributed by atoms with Crippen molar-refractivity contribution in [2.75, 3.05) is 0 Å². The minimum atomic E-state index is 1.07. The molecule has 0 aliphatic heterocycles. The number of benzene rings is 8. The number of rotatable bonds is 0. The maximum absolute atomic E-state index is 2.45. The van der Waals surface area contributed by atoms with Crippen molar-refractivity contribution in [1.82, 2.24) is 0 Å². The Kier molecular flexibility index (Phi) is 1.75. The van der Waals surface area contributed by atoms with Crippen molar-refractivity contribution < 1.29 is 0 Å². The van der Waals surface area contributed by atoms with E-state index in [-0.39, 0.29) is 0 Å². The summed E-state index contributed by atoms with van der Waals surface area (Å²) in [5, 5.41) is 20.9. The summed E-state index contributed by atoms with van der Waals surface area (Å²) in [6, 6.07) is 23.9. The van der Waals surface area contributed by atoms with Gasteiger partial charge in [0.25, 0.3) is 0 Å². The minimum absolute atomic E-state index is 1.07. The fraction of sp³-hybridized carbons (Fsp3) is 0.0667. The van der Waals surface area contributed by atoms with Crippen LogP contribution in [-0.2, 0) is 12.8 Å². The normalized spacial score (nSPS) is 15.1. The van der Waals surface area contributed by atoms with Gasteiger partial charge < -0.3 is 0 Å². The third kappa shape index (κ3) is 1.13. The van der Waals surface area contributed by atoms with Crippen LogP contribution in [0.5, 0.6) is 0 Å². The lowest BCUT2D eigenvalue weighted by molar-refractivity contribution is 1.28. The summed E-state index contributed by atoms with van der Waals surface area (Å²) < 4.78 is 0. The Morgan fingerprint density at radius 3 is 0.900 bits per heavy atom. The Bertz CT molecular complexity index is 1790. The number of hydrogen-bond donors (Lipinski definition) is 0. The molecule has 0 unspecified atom stereocenters. The SMILES string of the molecule is c1cc2cc3ccc4c5c6c(ccc7cc8ccc9c%10c(c1C9)c2c(c35)c(c8%10)c76)C4. The highest BCUT2D eigenvalue weighted by Crippen LogP contribution is 2.56. The van der Waals surface area contributed by atoms with Crippen LogP contribution in [0, 0.1) is 0 Å². The molecule has 0 fully saturated rings. The average Bonchev–Trinajstić information content (AvgIpc) is 3.35. The minimum Gasteiger partial charge on any atom is -0.0574 e. The van der Waals surface area contributed by atoms with E-state index >= 15 is 0 Å². The molecule has 30 heavy (non-hydrogen) atoms. The van der Waals surface area contributed by atoms with Crippen LogP contribution in [0.15, 0.2) is 60.7 Å². The van der Waals surface area contributed by atoms with E-state index in [0.717, 1.165) is 12.8 Å². The van der Waals surface area contributed by atoms with Crippen LogP contribution in [0.4, 0.5) is 0 Å². The van der Waals surface area contributed by atoms with Gasteiger partial charge in [-0.25, -0.2) is 0 Å². The molecule has 2 aliphatic rings. The molecule has 0 saturated carbocycles. The first-order chi connectivity index (χ1) is 14.9. The Labute approximate surface area is 171 Å². The lowest BCUT2D eigenvalue weighted by atomic mass is 9.81. The largest absolute Gasteiger partial charge is 0.0574 e. The Morgan fingerprint density at radius 2 is 0.600 bits per heavy atom. The van der Waals surface area contributed by atoms with E-state index in [0.29, 0.717) is 0 Å². The van der Waals surface area contributed by atoms with E-state index in [2.05, 4.69) is 60.7 Å². The molecule has 134 valence electrons. The van der Waals surface area contributed by atoms with E-state index < -0.39 is 0 Å². The van der Waals surface area contributed by atoms with Gasteiger partial charge in [-0.05, 0) is 123 Å². The third-order valence-corrected chi connectivity index (χ3v) is 8.43. The third-order valence-electron chi connectivity index (χ3n) is 8.43. The molecular formula is C30H14. The molecule has 0 bridgehead atoms. The van der Waals surface area contributed by atoms with Gasteiger partial charge in [0.2, 0.25) is 0 Å². The molecule has 10 rings (SSSR count). The predicted octanol–water partition coefficient (Wildman–Crippen LogP) is 7.88. The van der Waals surface area contributed by atoms with E-state index in [1.165, 1.54) is 97.7 Å². The smallest absolute Gasteiger partial charge is 0.000117 e. The summed E-state index contributed by atoms with van der Waals surface area (Å²) in [7, 11) is 0. The molecule has 0 radical (unpaired) electrons. The fourth-order valence-electron chi connectivity index (χ4n) is 7.43.